The van der Waals surface area contributed by atoms with Gasteiger partial charge in [-0.05, 0) is 59.9 Å². The van der Waals surface area contributed by atoms with E-state index < -0.39 is 5.60 Å². The van der Waals surface area contributed by atoms with Crippen molar-refractivity contribution in [2.75, 3.05) is 66.6 Å². The second-order valence-electron chi connectivity index (χ2n) is 8.71. The fourth-order valence-electron chi connectivity index (χ4n) is 3.14. The maximum absolute atomic E-state index is 12.2. The molecule has 0 saturated carbocycles. The summed E-state index contributed by atoms with van der Waals surface area (Å²) in [5.41, 5.74) is -0.442. The predicted octanol–water partition coefficient (Wildman–Crippen LogP) is 2.16. The minimum atomic E-state index is -0.442. The van der Waals surface area contributed by atoms with Gasteiger partial charge in [-0.25, -0.2) is 4.79 Å². The normalized spacial score (nSPS) is 16.2. The number of hydrogen-bond donors (Lipinski definition) is 2. The summed E-state index contributed by atoms with van der Waals surface area (Å²) in [5, 5.41) is 6.73. The fraction of sp³-hybridized carbons (Fsp3) is 0.905. The van der Waals surface area contributed by atoms with Crippen molar-refractivity contribution in [3.8, 4) is 0 Å². The smallest absolute Gasteiger partial charge is 0.410 e. The van der Waals surface area contributed by atoms with Crippen LogP contribution in [0.25, 0.3) is 0 Å². The molecule has 0 bridgehead atoms. The maximum atomic E-state index is 12.2. The Morgan fingerprint density at radius 3 is 2.48 bits per heavy atom. The summed E-state index contributed by atoms with van der Waals surface area (Å²) >= 11 is 0. The van der Waals surface area contributed by atoms with Crippen LogP contribution in [0.1, 0.15) is 47.0 Å². The lowest BCUT2D eigenvalue weighted by Crippen LogP contribution is -2.43. The molecule has 0 aromatic carbocycles. The van der Waals surface area contributed by atoms with Crippen LogP contribution in [-0.4, -0.2) is 94.0 Å². The third-order valence-electron chi connectivity index (χ3n) is 4.79. The average molecular weight is 414 g/mol. The van der Waals surface area contributed by atoms with Crippen LogP contribution in [0.5, 0.6) is 0 Å². The SMILES string of the molecule is CCNC(=NCC1CCN(C(=O)OC(C)(C)C)CC1)NCCN(C)CCCOC. The van der Waals surface area contributed by atoms with Crippen molar-refractivity contribution < 1.29 is 14.3 Å². The number of nitrogens with zero attached hydrogens (tertiary/aromatic N) is 3. The molecule has 1 heterocycles. The molecule has 8 heteroatoms. The molecule has 1 rings (SSSR count). The van der Waals surface area contributed by atoms with E-state index in [9.17, 15) is 4.79 Å². The highest BCUT2D eigenvalue weighted by Crippen LogP contribution is 2.19. The van der Waals surface area contributed by atoms with Crippen LogP contribution < -0.4 is 10.6 Å². The molecule has 1 aliphatic heterocycles. The lowest BCUT2D eigenvalue weighted by Gasteiger charge is -2.33. The third-order valence-corrected chi connectivity index (χ3v) is 4.79. The minimum Gasteiger partial charge on any atom is -0.444 e. The maximum Gasteiger partial charge on any atom is 0.410 e. The molecule has 1 saturated heterocycles. The van der Waals surface area contributed by atoms with Crippen LogP contribution in [0.3, 0.4) is 0 Å². The molecule has 0 aliphatic carbocycles. The Morgan fingerprint density at radius 2 is 1.90 bits per heavy atom. The Balaban J connectivity index is 2.34. The van der Waals surface area contributed by atoms with E-state index in [1.54, 1.807) is 7.11 Å². The monoisotopic (exact) mass is 413 g/mol. The molecule has 0 radical (unpaired) electrons. The summed E-state index contributed by atoms with van der Waals surface area (Å²) in [6.45, 7) is 14.5. The van der Waals surface area contributed by atoms with E-state index in [4.69, 9.17) is 14.5 Å². The molecule has 1 fully saturated rings. The van der Waals surface area contributed by atoms with Gasteiger partial charge in [-0.2, -0.15) is 0 Å². The van der Waals surface area contributed by atoms with Crippen molar-refractivity contribution in [3.05, 3.63) is 0 Å². The number of guanidine groups is 1. The largest absolute Gasteiger partial charge is 0.444 e. The van der Waals surface area contributed by atoms with Crippen molar-refractivity contribution in [1.29, 1.82) is 0 Å². The van der Waals surface area contributed by atoms with Crippen LogP contribution in [0.2, 0.25) is 0 Å². The third kappa shape index (κ3) is 11.9. The average Bonchev–Trinajstić information content (AvgIpc) is 2.65. The van der Waals surface area contributed by atoms with Gasteiger partial charge in [0, 0.05) is 59.5 Å². The van der Waals surface area contributed by atoms with E-state index >= 15 is 0 Å². The highest BCUT2D eigenvalue weighted by Gasteiger charge is 2.26. The molecular formula is C21H43N5O3. The summed E-state index contributed by atoms with van der Waals surface area (Å²) in [5.74, 6) is 1.37. The highest BCUT2D eigenvalue weighted by atomic mass is 16.6. The number of carbonyl (C=O) groups is 1. The predicted molar refractivity (Wildman–Crippen MR) is 119 cm³/mol. The van der Waals surface area contributed by atoms with Crippen molar-refractivity contribution in [3.63, 3.8) is 0 Å². The number of likely N-dealkylation sites (N-methyl/N-ethyl adjacent to an activating group) is 1. The molecule has 1 aliphatic rings. The first-order chi connectivity index (χ1) is 13.7. The lowest BCUT2D eigenvalue weighted by atomic mass is 9.97. The lowest BCUT2D eigenvalue weighted by molar-refractivity contribution is 0.0187. The van der Waals surface area contributed by atoms with Gasteiger partial charge < -0.3 is 29.9 Å². The Kier molecular flexibility index (Phi) is 12.0. The van der Waals surface area contributed by atoms with Crippen LogP contribution in [0, 0.1) is 5.92 Å². The Morgan fingerprint density at radius 1 is 1.21 bits per heavy atom. The van der Waals surface area contributed by atoms with Crippen molar-refractivity contribution in [2.45, 2.75) is 52.6 Å². The first-order valence-corrected chi connectivity index (χ1v) is 10.9. The second-order valence-corrected chi connectivity index (χ2v) is 8.71. The molecular weight excluding hydrogens is 370 g/mol. The number of likely N-dealkylation sites (tertiary alicyclic amines) is 1. The molecule has 1 amide bonds. The molecule has 0 unspecified atom stereocenters. The molecule has 0 aromatic rings. The van der Waals surface area contributed by atoms with Gasteiger partial charge in [0.2, 0.25) is 0 Å². The molecule has 0 atom stereocenters. The quantitative estimate of drug-likeness (QED) is 0.325. The Hall–Kier alpha value is -1.54. The number of amides is 1. The standard InChI is InChI=1S/C21H43N5O3/c1-7-22-19(23-11-15-25(5)12-8-16-28-6)24-17-18-9-13-26(14-10-18)20(27)29-21(2,3)4/h18H,7-17H2,1-6H3,(H2,22,23,24). The number of aliphatic imine (C=N–C) groups is 1. The van der Waals surface area contributed by atoms with Gasteiger partial charge in [-0.15, -0.1) is 0 Å². The molecule has 0 aromatic heterocycles. The van der Waals surface area contributed by atoms with E-state index in [-0.39, 0.29) is 6.09 Å². The molecule has 8 nitrogen and oxygen atoms in total. The van der Waals surface area contributed by atoms with Gasteiger partial charge in [0.1, 0.15) is 5.60 Å². The molecule has 2 N–H and O–H groups in total. The highest BCUT2D eigenvalue weighted by molar-refractivity contribution is 5.79. The first kappa shape index (κ1) is 25.5. The number of piperidine rings is 1. The van der Waals surface area contributed by atoms with E-state index in [0.717, 1.165) is 77.6 Å². The van der Waals surface area contributed by atoms with Crippen LogP contribution >= 0.6 is 0 Å². The Labute approximate surface area is 177 Å². The first-order valence-electron chi connectivity index (χ1n) is 10.9. The van der Waals surface area contributed by atoms with E-state index in [0.29, 0.717) is 5.92 Å². The zero-order chi connectivity index (χ0) is 21.7. The summed E-state index contributed by atoms with van der Waals surface area (Å²) in [4.78, 5) is 21.0. The second kappa shape index (κ2) is 13.6. The summed E-state index contributed by atoms with van der Waals surface area (Å²) < 4.78 is 10.6. The van der Waals surface area contributed by atoms with E-state index in [1.165, 1.54) is 0 Å². The van der Waals surface area contributed by atoms with Gasteiger partial charge in [-0.3, -0.25) is 4.99 Å². The number of ether oxygens (including phenoxy) is 2. The van der Waals surface area contributed by atoms with Gasteiger partial charge >= 0.3 is 6.09 Å². The number of nitrogens with one attached hydrogen (secondary N) is 2. The van der Waals surface area contributed by atoms with Crippen LogP contribution in [-0.2, 0) is 9.47 Å². The van der Waals surface area contributed by atoms with Gasteiger partial charge in [0.25, 0.3) is 0 Å². The molecule has 29 heavy (non-hydrogen) atoms. The summed E-state index contributed by atoms with van der Waals surface area (Å²) in [7, 11) is 3.86. The van der Waals surface area contributed by atoms with Crippen molar-refractivity contribution >= 4 is 12.1 Å². The van der Waals surface area contributed by atoms with Crippen LogP contribution in [0.15, 0.2) is 4.99 Å². The summed E-state index contributed by atoms with van der Waals surface area (Å²) in [6, 6.07) is 0. The number of carbonyl (C=O) groups excluding carboxylic acids is 1. The fourth-order valence-corrected chi connectivity index (χ4v) is 3.14. The minimum absolute atomic E-state index is 0.205. The number of hydrogen-bond acceptors (Lipinski definition) is 5. The Bertz CT molecular complexity index is 485. The number of rotatable bonds is 10. The summed E-state index contributed by atoms with van der Waals surface area (Å²) in [6.07, 6.45) is 2.77. The topological polar surface area (TPSA) is 78.4 Å². The number of methoxy groups -OCH3 is 1. The van der Waals surface area contributed by atoms with E-state index in [1.807, 2.05) is 25.7 Å². The molecule has 170 valence electrons. The van der Waals surface area contributed by atoms with Gasteiger partial charge in [0.05, 0.1) is 0 Å². The van der Waals surface area contributed by atoms with Gasteiger partial charge in [-0.1, -0.05) is 0 Å². The zero-order valence-corrected chi connectivity index (χ0v) is 19.4. The van der Waals surface area contributed by atoms with Crippen molar-refractivity contribution in [2.24, 2.45) is 10.9 Å². The van der Waals surface area contributed by atoms with Crippen molar-refractivity contribution in [1.82, 2.24) is 20.4 Å². The van der Waals surface area contributed by atoms with Crippen LogP contribution in [0.4, 0.5) is 4.79 Å². The van der Waals surface area contributed by atoms with E-state index in [2.05, 4.69) is 29.5 Å². The van der Waals surface area contributed by atoms with Gasteiger partial charge in [0.15, 0.2) is 5.96 Å². The zero-order valence-electron chi connectivity index (χ0n) is 19.4. The molecule has 0 spiro atoms.